The number of Topliss-reactive ketones (excluding diaryl/α,β-unsaturated/α-hetero) is 1. The molecule has 0 aromatic carbocycles. The van der Waals surface area contributed by atoms with E-state index in [4.69, 9.17) is 5.73 Å². The number of rotatable bonds is 7. The van der Waals surface area contributed by atoms with Crippen molar-refractivity contribution in [2.75, 3.05) is 11.1 Å². The lowest BCUT2D eigenvalue weighted by Gasteiger charge is -2.29. The van der Waals surface area contributed by atoms with E-state index in [1.165, 1.54) is 10.9 Å². The fourth-order valence-electron chi connectivity index (χ4n) is 4.58. The molecule has 0 saturated heterocycles. The molecular formula is C25H30N8O2. The van der Waals surface area contributed by atoms with Gasteiger partial charge < -0.3 is 21.2 Å². The van der Waals surface area contributed by atoms with Crippen LogP contribution >= 0.6 is 0 Å². The van der Waals surface area contributed by atoms with E-state index in [0.29, 0.717) is 40.4 Å². The Labute approximate surface area is 203 Å². The van der Waals surface area contributed by atoms with Crippen molar-refractivity contribution < 1.29 is 9.59 Å². The number of pyridine rings is 2. The Kier molecular flexibility index (Phi) is 6.96. The Balaban J connectivity index is 1.57. The molecule has 1 fully saturated rings. The van der Waals surface area contributed by atoms with E-state index in [1.54, 1.807) is 25.3 Å². The van der Waals surface area contributed by atoms with E-state index in [2.05, 4.69) is 25.7 Å². The monoisotopic (exact) mass is 474 g/mol. The molecule has 3 aromatic heterocycles. The molecule has 10 heteroatoms. The standard InChI is InChI=1S/C25H30N8O2/c1-14(2)30-21-10-22(33-24-18(12-29-33)9-17(11-26)23(27)32-24)28-13-20(21)25(35)31-19-6-4-16(5-7-19)8-15(3)34/h9-10,12-14,16,19H,4-8H2,1-3H3,(H2,27,32)(H,28,30)(H,31,35). The molecule has 1 aliphatic rings. The number of ketones is 1. The number of amides is 1. The lowest BCUT2D eigenvalue weighted by molar-refractivity contribution is -0.118. The molecule has 35 heavy (non-hydrogen) atoms. The molecule has 0 spiro atoms. The largest absolute Gasteiger partial charge is 0.383 e. The lowest BCUT2D eigenvalue weighted by Crippen LogP contribution is -2.38. The normalized spacial score (nSPS) is 17.8. The zero-order valence-electron chi connectivity index (χ0n) is 20.2. The molecule has 10 nitrogen and oxygen atoms in total. The molecule has 0 atom stereocenters. The number of nitrogens with one attached hydrogen (secondary N) is 2. The third-order valence-corrected chi connectivity index (χ3v) is 6.25. The summed E-state index contributed by atoms with van der Waals surface area (Å²) >= 11 is 0. The van der Waals surface area contributed by atoms with Crippen molar-refractivity contribution in [1.29, 1.82) is 5.26 Å². The second-order valence-corrected chi connectivity index (χ2v) is 9.49. The highest BCUT2D eigenvalue weighted by Gasteiger charge is 2.25. The van der Waals surface area contributed by atoms with Gasteiger partial charge in [0.05, 0.1) is 23.0 Å². The summed E-state index contributed by atoms with van der Waals surface area (Å²) in [4.78, 5) is 33.4. The van der Waals surface area contributed by atoms with Gasteiger partial charge in [-0.3, -0.25) is 4.79 Å². The minimum Gasteiger partial charge on any atom is -0.383 e. The van der Waals surface area contributed by atoms with Crippen LogP contribution < -0.4 is 16.4 Å². The summed E-state index contributed by atoms with van der Waals surface area (Å²) in [5, 5.41) is 20.7. The summed E-state index contributed by atoms with van der Waals surface area (Å²) in [6.07, 6.45) is 7.36. The van der Waals surface area contributed by atoms with E-state index < -0.39 is 0 Å². The highest BCUT2D eigenvalue weighted by molar-refractivity contribution is 5.99. The average Bonchev–Trinajstić information content (AvgIpc) is 3.21. The number of nitriles is 1. The maximum Gasteiger partial charge on any atom is 0.255 e. The first-order valence-corrected chi connectivity index (χ1v) is 11.9. The zero-order valence-corrected chi connectivity index (χ0v) is 20.2. The van der Waals surface area contributed by atoms with Crippen LogP contribution in [0.15, 0.2) is 24.5 Å². The van der Waals surface area contributed by atoms with Crippen LogP contribution in [0.4, 0.5) is 11.5 Å². The third kappa shape index (κ3) is 5.40. The van der Waals surface area contributed by atoms with Gasteiger partial charge in [-0.1, -0.05) is 0 Å². The van der Waals surface area contributed by atoms with Crippen molar-refractivity contribution in [2.45, 2.75) is 65.0 Å². The van der Waals surface area contributed by atoms with Gasteiger partial charge in [-0.2, -0.15) is 15.0 Å². The van der Waals surface area contributed by atoms with E-state index in [0.717, 1.165) is 25.7 Å². The molecule has 182 valence electrons. The van der Waals surface area contributed by atoms with Gasteiger partial charge in [0, 0.05) is 36.2 Å². The van der Waals surface area contributed by atoms with E-state index >= 15 is 0 Å². The first-order chi connectivity index (χ1) is 16.7. The van der Waals surface area contributed by atoms with Crippen molar-refractivity contribution in [3.8, 4) is 11.9 Å². The van der Waals surface area contributed by atoms with Crippen LogP contribution in [0.1, 0.15) is 68.8 Å². The number of anilines is 2. The van der Waals surface area contributed by atoms with Gasteiger partial charge in [0.15, 0.2) is 11.5 Å². The van der Waals surface area contributed by atoms with E-state index in [-0.39, 0.29) is 35.2 Å². The first kappa shape index (κ1) is 24.1. The van der Waals surface area contributed by atoms with Gasteiger partial charge >= 0.3 is 0 Å². The zero-order chi connectivity index (χ0) is 25.1. The molecule has 3 heterocycles. The molecule has 4 rings (SSSR count). The Morgan fingerprint density at radius 3 is 2.63 bits per heavy atom. The Morgan fingerprint density at radius 1 is 1.23 bits per heavy atom. The molecular weight excluding hydrogens is 444 g/mol. The highest BCUT2D eigenvalue weighted by Crippen LogP contribution is 2.28. The Morgan fingerprint density at radius 2 is 1.97 bits per heavy atom. The van der Waals surface area contributed by atoms with Gasteiger partial charge in [0.25, 0.3) is 5.91 Å². The molecule has 1 aliphatic carbocycles. The molecule has 1 amide bonds. The van der Waals surface area contributed by atoms with Crippen molar-refractivity contribution in [1.82, 2.24) is 25.1 Å². The molecule has 0 radical (unpaired) electrons. The summed E-state index contributed by atoms with van der Waals surface area (Å²) in [7, 11) is 0. The molecule has 0 bridgehead atoms. The quantitative estimate of drug-likeness (QED) is 0.471. The third-order valence-electron chi connectivity index (χ3n) is 6.25. The second kappa shape index (κ2) is 10.1. The average molecular weight is 475 g/mol. The smallest absolute Gasteiger partial charge is 0.255 e. The van der Waals surface area contributed by atoms with Crippen molar-refractivity contribution in [3.63, 3.8) is 0 Å². The number of nitrogens with zero attached hydrogens (tertiary/aromatic N) is 5. The Bertz CT molecular complexity index is 1300. The number of aromatic nitrogens is 4. The minimum absolute atomic E-state index is 0.0776. The van der Waals surface area contributed by atoms with Gasteiger partial charge in [-0.25, -0.2) is 9.97 Å². The summed E-state index contributed by atoms with van der Waals surface area (Å²) in [6.45, 7) is 5.62. The van der Waals surface area contributed by atoms with Gasteiger partial charge in [-0.05, 0) is 58.4 Å². The van der Waals surface area contributed by atoms with E-state index in [9.17, 15) is 14.9 Å². The summed E-state index contributed by atoms with van der Waals surface area (Å²) in [5.74, 6) is 1.04. The number of carbonyl (C=O) groups excluding carboxylic acids is 2. The molecule has 3 aromatic rings. The number of nitrogens with two attached hydrogens (primary N) is 1. The van der Waals surface area contributed by atoms with Crippen LogP contribution in [0.3, 0.4) is 0 Å². The van der Waals surface area contributed by atoms with Crippen LogP contribution in [0.5, 0.6) is 0 Å². The van der Waals surface area contributed by atoms with Crippen molar-refractivity contribution in [2.24, 2.45) is 5.92 Å². The van der Waals surface area contributed by atoms with Crippen molar-refractivity contribution >= 4 is 34.2 Å². The maximum absolute atomic E-state index is 13.2. The van der Waals surface area contributed by atoms with Crippen molar-refractivity contribution in [3.05, 3.63) is 35.7 Å². The first-order valence-electron chi connectivity index (χ1n) is 11.9. The number of carbonyl (C=O) groups is 2. The van der Waals surface area contributed by atoms with Crippen LogP contribution in [-0.4, -0.2) is 43.5 Å². The topological polar surface area (TPSA) is 152 Å². The lowest BCUT2D eigenvalue weighted by atomic mass is 9.83. The molecule has 4 N–H and O–H groups in total. The molecule has 1 saturated carbocycles. The minimum atomic E-state index is -0.187. The number of hydrogen-bond donors (Lipinski definition) is 3. The van der Waals surface area contributed by atoms with Crippen LogP contribution in [-0.2, 0) is 4.79 Å². The predicted molar refractivity (Wildman–Crippen MR) is 133 cm³/mol. The van der Waals surface area contributed by atoms with Crippen LogP contribution in [0.25, 0.3) is 16.9 Å². The fraction of sp³-hybridized carbons (Fsp3) is 0.440. The Hall–Kier alpha value is -4.00. The fourth-order valence-corrected chi connectivity index (χ4v) is 4.58. The summed E-state index contributed by atoms with van der Waals surface area (Å²) in [5.41, 5.74) is 7.75. The van der Waals surface area contributed by atoms with Gasteiger partial charge in [0.2, 0.25) is 0 Å². The molecule has 0 unspecified atom stereocenters. The van der Waals surface area contributed by atoms with Gasteiger partial charge in [-0.15, -0.1) is 0 Å². The highest BCUT2D eigenvalue weighted by atomic mass is 16.1. The van der Waals surface area contributed by atoms with Crippen LogP contribution in [0, 0.1) is 17.2 Å². The second-order valence-electron chi connectivity index (χ2n) is 9.49. The number of nitrogen functional groups attached to an aromatic ring is 1. The number of fused-ring (bicyclic) bond motifs is 1. The summed E-state index contributed by atoms with van der Waals surface area (Å²) in [6, 6.07) is 5.59. The molecule has 0 aliphatic heterocycles. The van der Waals surface area contributed by atoms with Crippen LogP contribution in [0.2, 0.25) is 0 Å². The summed E-state index contributed by atoms with van der Waals surface area (Å²) < 4.78 is 1.54. The number of hydrogen-bond acceptors (Lipinski definition) is 8. The van der Waals surface area contributed by atoms with Gasteiger partial charge in [0.1, 0.15) is 17.7 Å². The predicted octanol–water partition coefficient (Wildman–Crippen LogP) is 3.36. The maximum atomic E-state index is 13.2. The van der Waals surface area contributed by atoms with E-state index in [1.807, 2.05) is 19.9 Å². The SMILES string of the molecule is CC(=O)CC1CCC(NC(=O)c2cnc(-n3ncc4cc(C#N)c(N)nc43)cc2NC(C)C)CC1.